The van der Waals surface area contributed by atoms with Crippen molar-refractivity contribution in [3.8, 4) is 11.5 Å². The molecule has 0 fully saturated rings. The van der Waals surface area contributed by atoms with Crippen LogP contribution < -0.4 is 14.8 Å². The number of fused-ring (bicyclic) bond motifs is 1. The van der Waals surface area contributed by atoms with E-state index in [0.717, 1.165) is 24.5 Å². The van der Waals surface area contributed by atoms with Crippen molar-refractivity contribution in [1.82, 2.24) is 5.32 Å². The van der Waals surface area contributed by atoms with E-state index in [1.807, 2.05) is 42.5 Å². The first kappa shape index (κ1) is 19.7. The van der Waals surface area contributed by atoms with Crippen molar-refractivity contribution < 1.29 is 14.6 Å². The number of ether oxygens (including phenoxy) is 2. The normalized spacial score (nSPS) is 20.4. The van der Waals surface area contributed by atoms with Crippen LogP contribution in [0.15, 0.2) is 48.5 Å². The number of nitrogens with one attached hydrogen (secondary N) is 1. The second kappa shape index (κ2) is 8.77. The molecule has 1 radical (unpaired) electrons. The van der Waals surface area contributed by atoms with Gasteiger partial charge in [-0.2, -0.15) is 0 Å². The molecule has 4 nitrogen and oxygen atoms in total. The Balaban J connectivity index is 1.51. The predicted octanol–water partition coefficient (Wildman–Crippen LogP) is 3.48. The molecule has 0 bridgehead atoms. The van der Waals surface area contributed by atoms with Crippen LogP contribution in [0.1, 0.15) is 26.3 Å². The molecule has 0 aliphatic carbocycles. The number of rotatable bonds is 7. The van der Waals surface area contributed by atoms with Crippen molar-refractivity contribution in [2.24, 2.45) is 11.3 Å². The monoisotopic (exact) mass is 368 g/mol. The highest BCUT2D eigenvalue weighted by Crippen LogP contribution is 2.37. The lowest BCUT2D eigenvalue weighted by Gasteiger charge is -2.41. The van der Waals surface area contributed by atoms with E-state index in [4.69, 9.17) is 9.47 Å². The fraction of sp³-hybridized carbons (Fsp3) is 0.478. The van der Waals surface area contributed by atoms with Gasteiger partial charge < -0.3 is 19.9 Å². The van der Waals surface area contributed by atoms with Crippen LogP contribution in [0.25, 0.3) is 0 Å². The Morgan fingerprint density at radius 1 is 1.26 bits per heavy atom. The van der Waals surface area contributed by atoms with Gasteiger partial charge in [-0.1, -0.05) is 51.1 Å². The summed E-state index contributed by atoms with van der Waals surface area (Å²) in [4.78, 5) is 0. The molecule has 2 aromatic carbocycles. The second-order valence-electron chi connectivity index (χ2n) is 8.34. The zero-order valence-electron chi connectivity index (χ0n) is 16.4. The van der Waals surface area contributed by atoms with Crippen LogP contribution in [0.5, 0.6) is 11.5 Å². The Morgan fingerprint density at radius 2 is 2.04 bits per heavy atom. The molecular weight excluding hydrogens is 338 g/mol. The summed E-state index contributed by atoms with van der Waals surface area (Å²) in [7, 11) is 0. The van der Waals surface area contributed by atoms with Crippen molar-refractivity contribution in [2.45, 2.75) is 39.4 Å². The molecule has 27 heavy (non-hydrogen) atoms. The summed E-state index contributed by atoms with van der Waals surface area (Å²) in [6.07, 6.45) is 0.533. The van der Waals surface area contributed by atoms with Gasteiger partial charge in [-0.15, -0.1) is 0 Å². The molecule has 1 heterocycles. The lowest BCUT2D eigenvalue weighted by Crippen LogP contribution is -2.47. The molecular formula is C23H30NO3. The summed E-state index contributed by atoms with van der Waals surface area (Å²) in [6, 6.07) is 18.6. The van der Waals surface area contributed by atoms with Crippen LogP contribution in [0.2, 0.25) is 0 Å². The topological polar surface area (TPSA) is 50.7 Å². The number of para-hydroxylation sites is 1. The smallest absolute Gasteiger partial charge is 0.123 e. The predicted molar refractivity (Wildman–Crippen MR) is 107 cm³/mol. The molecule has 0 amide bonds. The molecule has 0 saturated heterocycles. The Bertz CT molecular complexity index is 711. The van der Waals surface area contributed by atoms with Gasteiger partial charge in [0.25, 0.3) is 0 Å². The van der Waals surface area contributed by atoms with Crippen LogP contribution in [0.3, 0.4) is 0 Å². The van der Waals surface area contributed by atoms with E-state index in [1.54, 1.807) is 0 Å². The second-order valence-corrected chi connectivity index (χ2v) is 8.34. The highest BCUT2D eigenvalue weighted by molar-refractivity contribution is 5.35. The molecule has 0 aromatic heterocycles. The van der Waals surface area contributed by atoms with Gasteiger partial charge in [0.2, 0.25) is 0 Å². The van der Waals surface area contributed by atoms with Gasteiger partial charge in [-0.25, -0.2) is 0 Å². The van der Waals surface area contributed by atoms with Gasteiger partial charge in [-0.05, 0) is 41.7 Å². The van der Waals surface area contributed by atoms with Crippen molar-refractivity contribution in [1.29, 1.82) is 0 Å². The Hall–Kier alpha value is -2.04. The van der Waals surface area contributed by atoms with Gasteiger partial charge in [0.1, 0.15) is 30.3 Å². The first-order valence-corrected chi connectivity index (χ1v) is 9.66. The summed E-state index contributed by atoms with van der Waals surface area (Å²) >= 11 is 0. The minimum atomic E-state index is -0.551. The van der Waals surface area contributed by atoms with E-state index in [9.17, 15) is 5.11 Å². The van der Waals surface area contributed by atoms with Crippen LogP contribution in [-0.2, 0) is 6.42 Å². The maximum absolute atomic E-state index is 10.2. The maximum Gasteiger partial charge on any atom is 0.123 e. The van der Waals surface area contributed by atoms with Gasteiger partial charge in [0.15, 0.2) is 0 Å². The molecule has 4 heteroatoms. The van der Waals surface area contributed by atoms with Crippen molar-refractivity contribution in [2.75, 3.05) is 19.7 Å². The minimum absolute atomic E-state index is 0.0366. The number of benzene rings is 2. The van der Waals surface area contributed by atoms with Gasteiger partial charge >= 0.3 is 0 Å². The molecule has 2 aromatic rings. The number of hydrogen-bond acceptors (Lipinski definition) is 4. The van der Waals surface area contributed by atoms with Gasteiger partial charge in [0.05, 0.1) is 0 Å². The zero-order valence-corrected chi connectivity index (χ0v) is 16.4. The van der Waals surface area contributed by atoms with E-state index < -0.39 is 6.10 Å². The molecule has 1 aliphatic rings. The van der Waals surface area contributed by atoms with Crippen LogP contribution in [-0.4, -0.2) is 37.0 Å². The summed E-state index contributed by atoms with van der Waals surface area (Å²) in [5.41, 5.74) is 1.27. The van der Waals surface area contributed by atoms with E-state index in [-0.39, 0.29) is 18.1 Å². The summed E-state index contributed by atoms with van der Waals surface area (Å²) in [5, 5.41) is 13.6. The molecule has 2 N–H and O–H groups in total. The third kappa shape index (κ3) is 5.47. The van der Waals surface area contributed by atoms with Crippen molar-refractivity contribution in [3.63, 3.8) is 0 Å². The SMILES string of the molecule is CC(C)(C)C1Oc2c[c]ccc2C[C@@H]1CNC[C@H](O)COc1ccccc1. The fourth-order valence-corrected chi connectivity index (χ4v) is 3.61. The summed E-state index contributed by atoms with van der Waals surface area (Å²) in [6.45, 7) is 8.21. The molecule has 1 unspecified atom stereocenters. The van der Waals surface area contributed by atoms with Crippen LogP contribution in [0, 0.1) is 17.4 Å². The molecule has 3 rings (SSSR count). The van der Waals surface area contributed by atoms with E-state index in [0.29, 0.717) is 12.5 Å². The largest absolute Gasteiger partial charge is 0.491 e. The molecule has 0 spiro atoms. The maximum atomic E-state index is 10.2. The lowest BCUT2D eigenvalue weighted by molar-refractivity contribution is 0.0184. The minimum Gasteiger partial charge on any atom is -0.491 e. The lowest BCUT2D eigenvalue weighted by atomic mass is 9.77. The first-order valence-electron chi connectivity index (χ1n) is 9.66. The number of hydrogen-bond donors (Lipinski definition) is 2. The van der Waals surface area contributed by atoms with Gasteiger partial charge in [-0.3, -0.25) is 0 Å². The number of aliphatic hydroxyl groups is 1. The molecule has 0 saturated carbocycles. The van der Waals surface area contributed by atoms with Crippen LogP contribution >= 0.6 is 0 Å². The Morgan fingerprint density at radius 3 is 2.78 bits per heavy atom. The fourth-order valence-electron chi connectivity index (χ4n) is 3.61. The molecule has 145 valence electrons. The first-order chi connectivity index (χ1) is 12.9. The van der Waals surface area contributed by atoms with Crippen molar-refractivity contribution in [3.05, 3.63) is 60.2 Å². The van der Waals surface area contributed by atoms with E-state index in [2.05, 4.69) is 38.2 Å². The highest BCUT2D eigenvalue weighted by atomic mass is 16.5. The zero-order chi connectivity index (χ0) is 19.3. The molecule has 3 atom stereocenters. The average molecular weight is 368 g/mol. The highest BCUT2D eigenvalue weighted by Gasteiger charge is 2.37. The van der Waals surface area contributed by atoms with E-state index in [1.165, 1.54) is 5.56 Å². The third-order valence-electron chi connectivity index (χ3n) is 4.90. The third-order valence-corrected chi connectivity index (χ3v) is 4.90. The number of aliphatic hydroxyl groups excluding tert-OH is 1. The summed E-state index contributed by atoms with van der Waals surface area (Å²) in [5.74, 6) is 2.07. The Labute approximate surface area is 162 Å². The quantitative estimate of drug-likeness (QED) is 0.786. The Kier molecular flexibility index (Phi) is 6.40. The molecule has 1 aliphatic heterocycles. The summed E-state index contributed by atoms with van der Waals surface area (Å²) < 4.78 is 11.9. The van der Waals surface area contributed by atoms with E-state index >= 15 is 0 Å². The van der Waals surface area contributed by atoms with Gasteiger partial charge in [0, 0.05) is 19.0 Å². The standard InChI is InChI=1S/C23H30NO3/c1-23(2,3)22-18(13-17-9-7-8-12-21(17)27-22)14-24-15-19(25)16-26-20-10-5-4-6-11-20/h4-7,9-12,18-19,22,24-25H,13-16H2,1-3H3/t18-,19+,22?/m1/s1. The van der Waals surface area contributed by atoms with Crippen molar-refractivity contribution >= 4 is 0 Å². The van der Waals surface area contributed by atoms with Crippen LogP contribution in [0.4, 0.5) is 0 Å². The average Bonchev–Trinajstić information content (AvgIpc) is 2.66.